The van der Waals surface area contributed by atoms with Crippen LogP contribution in [-0.2, 0) is 23.4 Å². The summed E-state index contributed by atoms with van der Waals surface area (Å²) in [6.07, 6.45) is -3.85. The molecule has 1 aliphatic heterocycles. The SMILES string of the molecule is CNc1nc(N)nc2c1ncn2[C@@H]1O[C@]2(CCl)C(O[P@@](=O)(N[C@@H](C)C(=O)OC)Oc3ccccc3)[C@]2(O)[C@H]1F. The number of imidazole rings is 1. The summed E-state index contributed by atoms with van der Waals surface area (Å²) in [4.78, 5) is 24.4. The number of nitrogens with zero attached hydrogens (tertiary/aromatic N) is 4. The van der Waals surface area contributed by atoms with E-state index in [0.717, 1.165) is 7.11 Å². The molecule has 3 aromatic rings. The van der Waals surface area contributed by atoms with E-state index in [0.29, 0.717) is 11.3 Å². The number of nitrogen functional groups attached to an aromatic ring is 1. The minimum Gasteiger partial charge on any atom is -0.468 e. The molecule has 0 amide bonds. The molecular weight excluding hydrogens is 560 g/mol. The van der Waals surface area contributed by atoms with Gasteiger partial charge in [-0.3, -0.25) is 13.9 Å². The molecule has 5 rings (SSSR count). The zero-order valence-electron chi connectivity index (χ0n) is 20.9. The molecule has 0 radical (unpaired) electrons. The number of hydrogen-bond donors (Lipinski definition) is 4. The fourth-order valence-electron chi connectivity index (χ4n) is 4.68. The predicted molar refractivity (Wildman–Crippen MR) is 137 cm³/mol. The lowest BCUT2D eigenvalue weighted by atomic mass is 10.1. The average Bonchev–Trinajstić information content (AvgIpc) is 3.15. The number of anilines is 2. The molecule has 14 nitrogen and oxygen atoms in total. The fraction of sp³-hybridized carbons (Fsp3) is 0.455. The van der Waals surface area contributed by atoms with Crippen LogP contribution in [-0.4, -0.2) is 80.2 Å². The van der Waals surface area contributed by atoms with Gasteiger partial charge in [0, 0.05) is 7.05 Å². The van der Waals surface area contributed by atoms with Gasteiger partial charge in [0.2, 0.25) is 5.95 Å². The Morgan fingerprint density at radius 1 is 1.38 bits per heavy atom. The number of carbonyl (C=O) groups excluding carboxylic acids is 1. The van der Waals surface area contributed by atoms with E-state index < -0.39 is 55.3 Å². The number of fused-ring (bicyclic) bond motifs is 2. The summed E-state index contributed by atoms with van der Waals surface area (Å²) in [5.74, 6) is -0.850. The lowest BCUT2D eigenvalue weighted by Gasteiger charge is -2.27. The van der Waals surface area contributed by atoms with Crippen molar-refractivity contribution in [3.63, 3.8) is 0 Å². The second kappa shape index (κ2) is 9.84. The summed E-state index contributed by atoms with van der Waals surface area (Å²) in [6, 6.07) is 6.81. The lowest BCUT2D eigenvalue weighted by Crippen LogP contribution is -2.37. The van der Waals surface area contributed by atoms with Gasteiger partial charge in [-0.15, -0.1) is 11.6 Å². The van der Waals surface area contributed by atoms with Crippen LogP contribution in [0.25, 0.3) is 11.2 Å². The van der Waals surface area contributed by atoms with E-state index in [9.17, 15) is 14.5 Å². The van der Waals surface area contributed by atoms with Crippen LogP contribution in [0, 0.1) is 0 Å². The van der Waals surface area contributed by atoms with Gasteiger partial charge in [-0.1, -0.05) is 18.2 Å². The number of para-hydroxylation sites is 1. The first-order valence-corrected chi connectivity index (χ1v) is 13.8. The number of alkyl halides is 2. The molecule has 210 valence electrons. The van der Waals surface area contributed by atoms with Crippen molar-refractivity contribution in [3.8, 4) is 5.75 Å². The average molecular weight is 586 g/mol. The highest BCUT2D eigenvalue weighted by Crippen LogP contribution is 2.69. The summed E-state index contributed by atoms with van der Waals surface area (Å²) in [5.41, 5.74) is 2.07. The van der Waals surface area contributed by atoms with Gasteiger partial charge in [0.15, 0.2) is 35.0 Å². The Kier molecular flexibility index (Phi) is 6.94. The number of halogens is 2. The van der Waals surface area contributed by atoms with Crippen LogP contribution >= 0.6 is 19.3 Å². The minimum atomic E-state index is -4.45. The zero-order chi connectivity index (χ0) is 28.2. The van der Waals surface area contributed by atoms with E-state index in [2.05, 4.69) is 30.1 Å². The third-order valence-electron chi connectivity index (χ3n) is 6.69. The van der Waals surface area contributed by atoms with Crippen LogP contribution in [0.4, 0.5) is 16.2 Å². The number of carbonyl (C=O) groups is 1. The van der Waals surface area contributed by atoms with Crippen LogP contribution in [0.3, 0.4) is 0 Å². The smallest absolute Gasteiger partial charge is 0.459 e. The highest BCUT2D eigenvalue weighted by Gasteiger charge is 2.90. The first-order valence-electron chi connectivity index (χ1n) is 11.7. The number of hydrogen-bond acceptors (Lipinski definition) is 12. The van der Waals surface area contributed by atoms with Crippen LogP contribution in [0.5, 0.6) is 5.75 Å². The minimum absolute atomic E-state index is 0.0936. The molecule has 2 fully saturated rings. The molecule has 3 heterocycles. The maximum atomic E-state index is 16.0. The highest BCUT2D eigenvalue weighted by molar-refractivity contribution is 7.52. The van der Waals surface area contributed by atoms with Crippen LogP contribution in [0.1, 0.15) is 13.2 Å². The fourth-order valence-corrected chi connectivity index (χ4v) is 6.84. The topological polar surface area (TPSA) is 185 Å². The van der Waals surface area contributed by atoms with E-state index in [4.69, 9.17) is 31.1 Å². The zero-order valence-corrected chi connectivity index (χ0v) is 22.6. The van der Waals surface area contributed by atoms with Crippen molar-refractivity contribution in [2.24, 2.45) is 0 Å². The second-order valence-corrected chi connectivity index (χ2v) is 10.9. The Balaban J connectivity index is 1.45. The van der Waals surface area contributed by atoms with Gasteiger partial charge in [0.1, 0.15) is 23.5 Å². The summed E-state index contributed by atoms with van der Waals surface area (Å²) in [5, 5.41) is 16.7. The monoisotopic (exact) mass is 585 g/mol. The van der Waals surface area contributed by atoms with Gasteiger partial charge in [-0.05, 0) is 19.1 Å². The Hall–Kier alpha value is -3.07. The molecule has 0 bridgehead atoms. The molecular formula is C22H26ClFN7O7P. The lowest BCUT2D eigenvalue weighted by molar-refractivity contribution is -0.142. The summed E-state index contributed by atoms with van der Waals surface area (Å²) in [7, 11) is -1.69. The molecule has 17 heteroatoms. The maximum Gasteiger partial charge on any atom is 0.459 e. The van der Waals surface area contributed by atoms with Crippen LogP contribution < -0.4 is 20.7 Å². The number of aliphatic hydroxyl groups is 1. The van der Waals surface area contributed by atoms with Gasteiger partial charge in [0.05, 0.1) is 19.3 Å². The van der Waals surface area contributed by atoms with E-state index in [1.54, 1.807) is 25.2 Å². The Morgan fingerprint density at radius 2 is 2.10 bits per heavy atom. The second-order valence-electron chi connectivity index (χ2n) is 9.02. The van der Waals surface area contributed by atoms with E-state index in [-0.39, 0.29) is 17.3 Å². The quantitative estimate of drug-likeness (QED) is 0.153. The number of ether oxygens (including phenoxy) is 2. The van der Waals surface area contributed by atoms with Crippen molar-refractivity contribution in [2.45, 2.75) is 42.7 Å². The molecule has 1 saturated carbocycles. The molecule has 39 heavy (non-hydrogen) atoms. The number of methoxy groups -OCH3 is 1. The van der Waals surface area contributed by atoms with Gasteiger partial charge in [0.25, 0.3) is 0 Å². The van der Waals surface area contributed by atoms with Crippen molar-refractivity contribution in [1.82, 2.24) is 24.6 Å². The number of aromatic nitrogens is 4. The molecule has 7 atom stereocenters. The number of esters is 1. The van der Waals surface area contributed by atoms with Crippen molar-refractivity contribution in [1.29, 1.82) is 0 Å². The third-order valence-corrected chi connectivity index (χ3v) is 8.73. The molecule has 2 aliphatic rings. The number of benzene rings is 1. The van der Waals surface area contributed by atoms with Gasteiger partial charge in [-0.25, -0.2) is 13.9 Å². The van der Waals surface area contributed by atoms with Crippen molar-refractivity contribution in [2.75, 3.05) is 31.1 Å². The van der Waals surface area contributed by atoms with Crippen molar-refractivity contribution >= 4 is 48.2 Å². The van der Waals surface area contributed by atoms with Gasteiger partial charge in [-0.2, -0.15) is 15.1 Å². The number of rotatable bonds is 10. The molecule has 1 unspecified atom stereocenters. The molecule has 0 spiro atoms. The molecule has 2 aromatic heterocycles. The predicted octanol–water partition coefficient (Wildman–Crippen LogP) is 1.76. The van der Waals surface area contributed by atoms with Gasteiger partial charge < -0.3 is 30.2 Å². The molecule has 1 aliphatic carbocycles. The van der Waals surface area contributed by atoms with Crippen LogP contribution in [0.2, 0.25) is 0 Å². The third kappa shape index (κ3) is 4.29. The van der Waals surface area contributed by atoms with Crippen LogP contribution in [0.15, 0.2) is 36.7 Å². The Morgan fingerprint density at radius 3 is 2.72 bits per heavy atom. The van der Waals surface area contributed by atoms with Crippen molar-refractivity contribution in [3.05, 3.63) is 36.7 Å². The summed E-state index contributed by atoms with van der Waals surface area (Å²) in [6.45, 7) is 1.37. The van der Waals surface area contributed by atoms with E-state index in [1.165, 1.54) is 30.0 Å². The summed E-state index contributed by atoms with van der Waals surface area (Å²) >= 11 is 6.19. The first-order chi connectivity index (χ1) is 18.5. The Bertz CT molecular complexity index is 1450. The van der Waals surface area contributed by atoms with E-state index >= 15 is 4.39 Å². The van der Waals surface area contributed by atoms with Crippen molar-refractivity contribution < 1.29 is 37.4 Å². The maximum absolute atomic E-state index is 16.0. The molecule has 1 aromatic carbocycles. The number of nitrogens with two attached hydrogens (primary N) is 1. The number of nitrogens with one attached hydrogen (secondary N) is 2. The first kappa shape index (κ1) is 27.5. The normalized spacial score (nSPS) is 29.8. The highest BCUT2D eigenvalue weighted by atomic mass is 35.5. The standard InChI is InChI=1S/C22H26ClFN7O7P/c1-11(18(32)35-3)30-39(34,37-12-7-5-4-6-8-12)38-19-21(9-23)22(19,33)14(24)17(36-21)31-10-27-13-15(26-2)28-20(25)29-16(13)31/h4-8,10-11,14,17,19,33H,9H2,1-3H3,(H,30,34)(H3,25,26,28,29)/t11-,14-,17+,19?,21+,22+,39+/m0/s1. The largest absolute Gasteiger partial charge is 0.468 e. The molecule has 1 saturated heterocycles. The Labute approximate surface area is 226 Å². The summed E-state index contributed by atoms with van der Waals surface area (Å²) < 4.78 is 53.0. The molecule has 5 N–H and O–H groups in total. The van der Waals surface area contributed by atoms with E-state index in [1.807, 2.05) is 0 Å². The van der Waals surface area contributed by atoms with Gasteiger partial charge >= 0.3 is 13.7 Å².